The van der Waals surface area contributed by atoms with E-state index in [1.54, 1.807) is 6.33 Å². The molecule has 2 aromatic rings. The van der Waals surface area contributed by atoms with Gasteiger partial charge in [-0.15, -0.1) is 0 Å². The molecule has 0 saturated heterocycles. The minimum Gasteiger partial charge on any atom is -0.354 e. The van der Waals surface area contributed by atoms with E-state index in [9.17, 15) is 0 Å². The van der Waals surface area contributed by atoms with Gasteiger partial charge in [-0.1, -0.05) is 26.2 Å². The molecule has 0 unspecified atom stereocenters. The number of rotatable bonds is 6. The van der Waals surface area contributed by atoms with E-state index < -0.39 is 0 Å². The Hall–Kier alpha value is -1.65. The number of nitrogens with zero attached hydrogens (tertiary/aromatic N) is 4. The van der Waals surface area contributed by atoms with Crippen molar-refractivity contribution < 1.29 is 0 Å². The highest BCUT2D eigenvalue weighted by Gasteiger charge is 2.08. The molecule has 2 rings (SSSR count). The van der Waals surface area contributed by atoms with E-state index in [0.29, 0.717) is 5.95 Å². The fourth-order valence-electron chi connectivity index (χ4n) is 2.08. The Morgan fingerprint density at radius 1 is 1.22 bits per heavy atom. The molecule has 0 aliphatic heterocycles. The summed E-state index contributed by atoms with van der Waals surface area (Å²) in [6, 6.07) is 0. The summed E-state index contributed by atoms with van der Waals surface area (Å²) in [5.41, 5.74) is 2.74. The Morgan fingerprint density at radius 2 is 2.06 bits per heavy atom. The Labute approximate surface area is 108 Å². The summed E-state index contributed by atoms with van der Waals surface area (Å²) in [7, 11) is 1.96. The lowest BCUT2D eigenvalue weighted by Crippen LogP contribution is -2.07. The van der Waals surface area contributed by atoms with Crippen LogP contribution in [-0.4, -0.2) is 26.1 Å². The van der Waals surface area contributed by atoms with Crippen LogP contribution in [0, 0.1) is 6.92 Å². The van der Waals surface area contributed by atoms with E-state index in [0.717, 1.165) is 29.8 Å². The lowest BCUT2D eigenvalue weighted by Gasteiger charge is -2.06. The van der Waals surface area contributed by atoms with Gasteiger partial charge in [0.05, 0.1) is 12.0 Å². The average Bonchev–Trinajstić information content (AvgIpc) is 2.71. The Morgan fingerprint density at radius 3 is 2.83 bits per heavy atom. The molecular formula is C13H21N5. The molecule has 0 spiro atoms. The maximum Gasteiger partial charge on any atom is 0.225 e. The van der Waals surface area contributed by atoms with Crippen molar-refractivity contribution in [3.63, 3.8) is 0 Å². The van der Waals surface area contributed by atoms with Crippen molar-refractivity contribution in [2.24, 2.45) is 7.05 Å². The second-order valence-corrected chi connectivity index (χ2v) is 4.65. The summed E-state index contributed by atoms with van der Waals surface area (Å²) in [5, 5.41) is 3.27. The highest BCUT2D eigenvalue weighted by molar-refractivity contribution is 5.74. The quantitative estimate of drug-likeness (QED) is 0.797. The maximum atomic E-state index is 4.47. The van der Waals surface area contributed by atoms with Gasteiger partial charge in [0.25, 0.3) is 0 Å². The normalized spacial score (nSPS) is 11.1. The first kappa shape index (κ1) is 12.8. The molecule has 1 N–H and O–H groups in total. The predicted molar refractivity (Wildman–Crippen MR) is 73.7 cm³/mol. The van der Waals surface area contributed by atoms with Crippen molar-refractivity contribution in [3.05, 3.63) is 12.0 Å². The molecule has 0 amide bonds. The third kappa shape index (κ3) is 2.78. The SMILES string of the molecule is CCCCCCNc1nc(C)c2c(ncn2C)n1. The lowest BCUT2D eigenvalue weighted by molar-refractivity contribution is 0.683. The van der Waals surface area contributed by atoms with Gasteiger partial charge in [0, 0.05) is 13.6 Å². The molecule has 0 aromatic carbocycles. The van der Waals surface area contributed by atoms with Crippen molar-refractivity contribution in [1.82, 2.24) is 19.5 Å². The number of fused-ring (bicyclic) bond motifs is 1. The van der Waals surface area contributed by atoms with Crippen LogP contribution in [0.3, 0.4) is 0 Å². The summed E-state index contributed by atoms with van der Waals surface area (Å²) < 4.78 is 1.95. The average molecular weight is 247 g/mol. The van der Waals surface area contributed by atoms with Crippen LogP contribution in [0.2, 0.25) is 0 Å². The van der Waals surface area contributed by atoms with Crippen molar-refractivity contribution in [2.75, 3.05) is 11.9 Å². The topological polar surface area (TPSA) is 55.6 Å². The number of anilines is 1. The molecule has 0 bridgehead atoms. The standard InChI is InChI=1S/C13H21N5/c1-4-5-6-7-8-14-13-16-10(2)11-12(17-13)15-9-18(11)3/h9H,4-8H2,1-3H3,(H,14,16,17). The van der Waals surface area contributed by atoms with Crippen LogP contribution >= 0.6 is 0 Å². The fraction of sp³-hybridized carbons (Fsp3) is 0.615. The summed E-state index contributed by atoms with van der Waals surface area (Å²) in [6.07, 6.45) is 6.75. The largest absolute Gasteiger partial charge is 0.354 e. The number of aromatic nitrogens is 4. The molecule has 5 heteroatoms. The van der Waals surface area contributed by atoms with Crippen molar-refractivity contribution in [3.8, 4) is 0 Å². The van der Waals surface area contributed by atoms with Crippen molar-refractivity contribution in [1.29, 1.82) is 0 Å². The van der Waals surface area contributed by atoms with Crippen LogP contribution in [-0.2, 0) is 7.05 Å². The van der Waals surface area contributed by atoms with Gasteiger partial charge in [0.1, 0.15) is 5.52 Å². The van der Waals surface area contributed by atoms with Crippen molar-refractivity contribution >= 4 is 17.1 Å². The van der Waals surface area contributed by atoms with Gasteiger partial charge in [-0.2, -0.15) is 4.98 Å². The zero-order valence-electron chi connectivity index (χ0n) is 11.4. The summed E-state index contributed by atoms with van der Waals surface area (Å²) >= 11 is 0. The summed E-state index contributed by atoms with van der Waals surface area (Å²) in [5.74, 6) is 0.690. The number of imidazole rings is 1. The number of aryl methyl sites for hydroxylation is 2. The van der Waals surface area contributed by atoms with Crippen LogP contribution in [0.4, 0.5) is 5.95 Å². The molecule has 5 nitrogen and oxygen atoms in total. The Kier molecular flexibility index (Phi) is 4.12. The molecule has 0 fully saturated rings. The van der Waals surface area contributed by atoms with Gasteiger partial charge in [-0.3, -0.25) is 0 Å². The molecule has 0 saturated carbocycles. The van der Waals surface area contributed by atoms with Crippen LogP contribution < -0.4 is 5.32 Å². The molecule has 0 aliphatic rings. The zero-order valence-corrected chi connectivity index (χ0v) is 11.4. The summed E-state index contributed by atoms with van der Waals surface area (Å²) in [6.45, 7) is 5.14. The zero-order chi connectivity index (χ0) is 13.0. The second-order valence-electron chi connectivity index (χ2n) is 4.65. The molecule has 0 atom stereocenters. The van der Waals surface area contributed by atoms with Gasteiger partial charge >= 0.3 is 0 Å². The third-order valence-electron chi connectivity index (χ3n) is 3.06. The van der Waals surface area contributed by atoms with Crippen LogP contribution in [0.1, 0.15) is 38.3 Å². The first-order chi connectivity index (χ1) is 8.72. The minimum atomic E-state index is 0.690. The highest BCUT2D eigenvalue weighted by Crippen LogP contribution is 2.15. The van der Waals surface area contributed by atoms with Gasteiger partial charge < -0.3 is 9.88 Å². The van der Waals surface area contributed by atoms with Crippen LogP contribution in [0.25, 0.3) is 11.2 Å². The first-order valence-electron chi connectivity index (χ1n) is 6.62. The molecule has 0 radical (unpaired) electrons. The Balaban J connectivity index is 2.01. The van der Waals surface area contributed by atoms with E-state index in [-0.39, 0.29) is 0 Å². The lowest BCUT2D eigenvalue weighted by atomic mass is 10.2. The molecule has 18 heavy (non-hydrogen) atoms. The third-order valence-corrected chi connectivity index (χ3v) is 3.06. The van der Waals surface area contributed by atoms with E-state index in [2.05, 4.69) is 27.2 Å². The van der Waals surface area contributed by atoms with Gasteiger partial charge in [0.2, 0.25) is 5.95 Å². The maximum absolute atomic E-state index is 4.47. The molecule has 2 heterocycles. The first-order valence-corrected chi connectivity index (χ1v) is 6.62. The van der Waals surface area contributed by atoms with Crippen molar-refractivity contribution in [2.45, 2.75) is 39.5 Å². The summed E-state index contributed by atoms with van der Waals surface area (Å²) in [4.78, 5) is 13.2. The Bertz CT molecular complexity index is 517. The number of hydrogen-bond acceptors (Lipinski definition) is 4. The smallest absolute Gasteiger partial charge is 0.225 e. The van der Waals surface area contributed by atoms with Gasteiger partial charge in [-0.25, -0.2) is 9.97 Å². The predicted octanol–water partition coefficient (Wildman–Crippen LogP) is 2.66. The fourth-order valence-corrected chi connectivity index (χ4v) is 2.08. The monoisotopic (exact) mass is 247 g/mol. The van der Waals surface area contributed by atoms with Gasteiger partial charge in [0.15, 0.2) is 5.65 Å². The van der Waals surface area contributed by atoms with E-state index in [1.807, 2.05) is 18.5 Å². The van der Waals surface area contributed by atoms with Crippen LogP contribution in [0.5, 0.6) is 0 Å². The van der Waals surface area contributed by atoms with E-state index in [1.165, 1.54) is 19.3 Å². The van der Waals surface area contributed by atoms with Crippen LogP contribution in [0.15, 0.2) is 6.33 Å². The minimum absolute atomic E-state index is 0.690. The number of nitrogens with one attached hydrogen (secondary N) is 1. The number of unbranched alkanes of at least 4 members (excludes halogenated alkanes) is 3. The molecule has 0 aliphatic carbocycles. The van der Waals surface area contributed by atoms with E-state index >= 15 is 0 Å². The van der Waals surface area contributed by atoms with E-state index in [4.69, 9.17) is 0 Å². The molecular weight excluding hydrogens is 226 g/mol. The molecule has 98 valence electrons. The number of hydrogen-bond donors (Lipinski definition) is 1. The highest BCUT2D eigenvalue weighted by atomic mass is 15.2. The van der Waals surface area contributed by atoms with Gasteiger partial charge in [-0.05, 0) is 13.3 Å². The second kappa shape index (κ2) is 5.80. The molecule has 2 aromatic heterocycles.